The zero-order valence-electron chi connectivity index (χ0n) is 14.5. The molecule has 132 valence electrons. The summed E-state index contributed by atoms with van der Waals surface area (Å²) in [5.74, 6) is 1.20. The predicted octanol–water partition coefficient (Wildman–Crippen LogP) is 4.49. The van der Waals surface area contributed by atoms with Gasteiger partial charge in [-0.3, -0.25) is 0 Å². The summed E-state index contributed by atoms with van der Waals surface area (Å²) in [5, 5.41) is 8.66. The lowest BCUT2D eigenvalue weighted by Crippen LogP contribution is -2.10. The second-order valence-corrected chi connectivity index (χ2v) is 6.80. The van der Waals surface area contributed by atoms with Gasteiger partial charge in [-0.15, -0.1) is 11.8 Å². The lowest BCUT2D eigenvalue weighted by atomic mass is 10.2. The maximum absolute atomic E-state index is 10.6. The summed E-state index contributed by atoms with van der Waals surface area (Å²) >= 11 is 1.66. The van der Waals surface area contributed by atoms with E-state index in [1.165, 1.54) is 5.56 Å². The number of hydrogen-bond donors (Lipinski definition) is 1. The highest BCUT2D eigenvalue weighted by Crippen LogP contribution is 2.27. The van der Waals surface area contributed by atoms with Crippen molar-refractivity contribution in [1.29, 1.82) is 0 Å². The summed E-state index contributed by atoms with van der Waals surface area (Å²) < 4.78 is 10.9. The van der Waals surface area contributed by atoms with E-state index < -0.39 is 5.97 Å². The first kappa shape index (κ1) is 18.9. The highest BCUT2D eigenvalue weighted by Gasteiger charge is 2.05. The molecule has 0 aromatic heterocycles. The van der Waals surface area contributed by atoms with E-state index in [-0.39, 0.29) is 6.61 Å². The van der Waals surface area contributed by atoms with Gasteiger partial charge in [0.05, 0.1) is 0 Å². The maximum Gasteiger partial charge on any atom is 0.341 e. The van der Waals surface area contributed by atoms with Crippen molar-refractivity contribution in [2.75, 3.05) is 19.0 Å². The smallest absolute Gasteiger partial charge is 0.341 e. The van der Waals surface area contributed by atoms with Crippen molar-refractivity contribution in [2.24, 2.45) is 0 Å². The molecule has 4 nitrogen and oxygen atoms in total. The Bertz CT molecular complexity index is 738. The number of benzene rings is 2. The van der Waals surface area contributed by atoms with Crippen LogP contribution >= 0.6 is 11.8 Å². The van der Waals surface area contributed by atoms with Gasteiger partial charge in [0.1, 0.15) is 18.1 Å². The Balaban J connectivity index is 1.79. The number of aliphatic carboxylic acids is 1. The third kappa shape index (κ3) is 6.55. The van der Waals surface area contributed by atoms with Crippen molar-refractivity contribution >= 4 is 17.7 Å². The van der Waals surface area contributed by atoms with Crippen LogP contribution in [0.3, 0.4) is 0 Å². The largest absolute Gasteiger partial charge is 0.489 e. The molecular formula is C20H22O4S. The summed E-state index contributed by atoms with van der Waals surface area (Å²) in [6, 6.07) is 13.6. The minimum absolute atomic E-state index is 0.333. The molecule has 0 heterocycles. The number of carbonyl (C=O) groups is 1. The van der Waals surface area contributed by atoms with Gasteiger partial charge >= 0.3 is 5.97 Å². The molecule has 0 aliphatic heterocycles. The van der Waals surface area contributed by atoms with Gasteiger partial charge in [-0.2, -0.15) is 0 Å². The molecule has 0 fully saturated rings. The van der Waals surface area contributed by atoms with Gasteiger partial charge in [0.25, 0.3) is 0 Å². The van der Waals surface area contributed by atoms with Gasteiger partial charge < -0.3 is 14.6 Å². The fourth-order valence-electron chi connectivity index (χ4n) is 2.06. The van der Waals surface area contributed by atoms with Crippen LogP contribution in [0.4, 0.5) is 0 Å². The number of aryl methyl sites for hydroxylation is 2. The van der Waals surface area contributed by atoms with E-state index >= 15 is 0 Å². The number of carboxylic acids is 1. The Morgan fingerprint density at radius 3 is 2.44 bits per heavy atom. The van der Waals surface area contributed by atoms with Crippen LogP contribution < -0.4 is 9.47 Å². The fraction of sp³-hybridized carbons (Fsp3) is 0.250. The quantitative estimate of drug-likeness (QED) is 0.528. The van der Waals surface area contributed by atoms with Crippen LogP contribution in [0.2, 0.25) is 0 Å². The number of hydrogen-bond acceptors (Lipinski definition) is 4. The molecule has 0 radical (unpaired) electrons. The standard InChI is InChI=1S/C20H22O4S/c1-14-4-6-17(7-5-14)23-11-15(2)13-25-18-8-9-19(16(3)10-18)24-12-20(21)22/h4-10H,2,11-13H2,1,3H3,(H,21,22). The second-order valence-electron chi connectivity index (χ2n) is 5.75. The Labute approximate surface area is 152 Å². The molecule has 0 spiro atoms. The molecule has 0 amide bonds. The third-order valence-electron chi connectivity index (χ3n) is 3.40. The Hall–Kier alpha value is -2.40. The van der Waals surface area contributed by atoms with Gasteiger partial charge in [0, 0.05) is 10.6 Å². The monoisotopic (exact) mass is 358 g/mol. The first-order chi connectivity index (χ1) is 11.9. The van der Waals surface area contributed by atoms with Crippen LogP contribution in [-0.4, -0.2) is 30.0 Å². The average Bonchev–Trinajstić information content (AvgIpc) is 2.58. The fourth-order valence-corrected chi connectivity index (χ4v) is 2.94. The number of thioether (sulfide) groups is 1. The van der Waals surface area contributed by atoms with Crippen molar-refractivity contribution in [2.45, 2.75) is 18.7 Å². The van der Waals surface area contributed by atoms with Crippen molar-refractivity contribution in [1.82, 2.24) is 0 Å². The highest BCUT2D eigenvalue weighted by molar-refractivity contribution is 7.99. The molecule has 5 heteroatoms. The zero-order chi connectivity index (χ0) is 18.2. The SMILES string of the molecule is C=C(COc1ccc(C)cc1)CSc1ccc(OCC(=O)O)c(C)c1. The van der Waals surface area contributed by atoms with E-state index in [0.29, 0.717) is 12.4 Å². The van der Waals surface area contributed by atoms with E-state index in [4.69, 9.17) is 14.6 Å². The van der Waals surface area contributed by atoms with Crippen LogP contribution in [0.1, 0.15) is 11.1 Å². The van der Waals surface area contributed by atoms with Crippen LogP contribution in [0, 0.1) is 13.8 Å². The van der Waals surface area contributed by atoms with Crippen LogP contribution in [0.25, 0.3) is 0 Å². The number of carboxylic acid groups (broad SMARTS) is 1. The Kier molecular flexibility index (Phi) is 6.95. The van der Waals surface area contributed by atoms with Crippen molar-refractivity contribution < 1.29 is 19.4 Å². The summed E-state index contributed by atoms with van der Waals surface area (Å²) in [6.45, 7) is 8.14. The summed E-state index contributed by atoms with van der Waals surface area (Å²) in [7, 11) is 0. The van der Waals surface area contributed by atoms with Crippen LogP contribution in [0.5, 0.6) is 11.5 Å². The van der Waals surface area contributed by atoms with E-state index in [1.807, 2.05) is 50.2 Å². The van der Waals surface area contributed by atoms with Crippen LogP contribution in [0.15, 0.2) is 59.5 Å². The molecule has 2 aromatic rings. The van der Waals surface area contributed by atoms with E-state index in [2.05, 4.69) is 6.58 Å². The van der Waals surface area contributed by atoms with Gasteiger partial charge in [0.2, 0.25) is 0 Å². The molecule has 25 heavy (non-hydrogen) atoms. The normalized spacial score (nSPS) is 10.3. The first-order valence-electron chi connectivity index (χ1n) is 7.88. The summed E-state index contributed by atoms with van der Waals surface area (Å²) in [4.78, 5) is 11.6. The van der Waals surface area contributed by atoms with Gasteiger partial charge in [-0.1, -0.05) is 24.3 Å². The Morgan fingerprint density at radius 1 is 1.08 bits per heavy atom. The molecule has 2 aromatic carbocycles. The first-order valence-corrected chi connectivity index (χ1v) is 8.87. The lowest BCUT2D eigenvalue weighted by Gasteiger charge is -2.11. The van der Waals surface area contributed by atoms with Gasteiger partial charge in [0.15, 0.2) is 6.61 Å². The van der Waals surface area contributed by atoms with E-state index in [0.717, 1.165) is 27.5 Å². The Morgan fingerprint density at radius 2 is 1.80 bits per heavy atom. The van der Waals surface area contributed by atoms with E-state index in [1.54, 1.807) is 17.8 Å². The van der Waals surface area contributed by atoms with Crippen molar-refractivity contribution in [3.8, 4) is 11.5 Å². The molecule has 0 aliphatic rings. The molecule has 0 saturated carbocycles. The van der Waals surface area contributed by atoms with Gasteiger partial charge in [-0.25, -0.2) is 4.79 Å². The minimum Gasteiger partial charge on any atom is -0.489 e. The lowest BCUT2D eigenvalue weighted by molar-refractivity contribution is -0.139. The average molecular weight is 358 g/mol. The molecule has 0 unspecified atom stereocenters. The molecule has 0 atom stereocenters. The molecule has 0 saturated heterocycles. The third-order valence-corrected chi connectivity index (χ3v) is 4.54. The molecule has 2 rings (SSSR count). The second kappa shape index (κ2) is 9.18. The molecule has 0 bridgehead atoms. The predicted molar refractivity (Wildman–Crippen MR) is 101 cm³/mol. The molecular weight excluding hydrogens is 336 g/mol. The molecule has 1 N–H and O–H groups in total. The van der Waals surface area contributed by atoms with Crippen molar-refractivity contribution in [3.63, 3.8) is 0 Å². The van der Waals surface area contributed by atoms with Crippen LogP contribution in [-0.2, 0) is 4.79 Å². The highest BCUT2D eigenvalue weighted by atomic mass is 32.2. The topological polar surface area (TPSA) is 55.8 Å². The molecule has 0 aliphatic carbocycles. The zero-order valence-corrected chi connectivity index (χ0v) is 15.3. The summed E-state index contributed by atoms with van der Waals surface area (Å²) in [6.07, 6.45) is 0. The van der Waals surface area contributed by atoms with E-state index in [9.17, 15) is 4.79 Å². The number of ether oxygens (including phenoxy) is 2. The number of rotatable bonds is 9. The summed E-state index contributed by atoms with van der Waals surface area (Å²) in [5.41, 5.74) is 3.11. The minimum atomic E-state index is -0.984. The van der Waals surface area contributed by atoms with Crippen molar-refractivity contribution in [3.05, 3.63) is 65.7 Å². The maximum atomic E-state index is 10.6. The van der Waals surface area contributed by atoms with Gasteiger partial charge in [-0.05, 0) is 55.3 Å².